The predicted octanol–water partition coefficient (Wildman–Crippen LogP) is 7.58. The van der Waals surface area contributed by atoms with Gasteiger partial charge in [0.2, 0.25) is 5.92 Å². The van der Waals surface area contributed by atoms with Crippen LogP contribution < -0.4 is 5.32 Å². The highest BCUT2D eigenvalue weighted by atomic mass is 19.3. The van der Waals surface area contributed by atoms with Gasteiger partial charge in [-0.25, -0.2) is 8.78 Å². The number of benzene rings is 2. The first-order chi connectivity index (χ1) is 15.4. The molecule has 2 aromatic rings. The molecule has 0 spiro atoms. The van der Waals surface area contributed by atoms with Crippen LogP contribution in [0.1, 0.15) is 62.6 Å². The molecule has 2 aromatic carbocycles. The lowest BCUT2D eigenvalue weighted by molar-refractivity contribution is -0.0470. The van der Waals surface area contributed by atoms with Crippen molar-refractivity contribution in [3.63, 3.8) is 0 Å². The summed E-state index contributed by atoms with van der Waals surface area (Å²) < 4.78 is 27.6. The van der Waals surface area contributed by atoms with E-state index in [0.29, 0.717) is 12.8 Å². The van der Waals surface area contributed by atoms with E-state index in [0.717, 1.165) is 36.4 Å². The van der Waals surface area contributed by atoms with E-state index < -0.39 is 5.92 Å². The van der Waals surface area contributed by atoms with Crippen LogP contribution in [0.25, 0.3) is 0 Å². The molecule has 172 valence electrons. The van der Waals surface area contributed by atoms with Crippen molar-refractivity contribution in [2.45, 2.75) is 77.7 Å². The molecule has 0 amide bonds. The number of allylic oxidation sites excluding steroid dienone is 1. The van der Waals surface area contributed by atoms with Gasteiger partial charge in [0.1, 0.15) is 0 Å². The number of halogens is 2. The molecule has 4 rings (SSSR count). The number of alkyl halides is 2. The predicted molar refractivity (Wildman–Crippen MR) is 131 cm³/mol. The van der Waals surface area contributed by atoms with Crippen molar-refractivity contribution >= 4 is 11.4 Å². The first kappa shape index (κ1) is 24.2. The number of rotatable bonds is 7. The van der Waals surface area contributed by atoms with Gasteiger partial charge < -0.3 is 5.32 Å². The molecule has 0 bridgehead atoms. The van der Waals surface area contributed by atoms with Gasteiger partial charge >= 0.3 is 0 Å². The minimum atomic E-state index is -2.52. The molecular weight excluding hydrogens is 402 g/mol. The highest BCUT2D eigenvalue weighted by Crippen LogP contribution is 2.39. The highest BCUT2D eigenvalue weighted by molar-refractivity contribution is 5.98. The van der Waals surface area contributed by atoms with Crippen molar-refractivity contribution in [1.29, 1.82) is 0 Å². The summed E-state index contributed by atoms with van der Waals surface area (Å²) in [6, 6.07) is 16.7. The summed E-state index contributed by atoms with van der Waals surface area (Å²) in [6.45, 7) is 10.3. The third-order valence-electron chi connectivity index (χ3n) is 6.39. The summed E-state index contributed by atoms with van der Waals surface area (Å²) in [4.78, 5) is 4.92. The molecule has 0 radical (unpaired) electrons. The third kappa shape index (κ3) is 6.27. The maximum atomic E-state index is 13.8. The zero-order chi connectivity index (χ0) is 23.1. The topological polar surface area (TPSA) is 24.4 Å². The largest absolute Gasteiger partial charge is 0.380 e. The van der Waals surface area contributed by atoms with Crippen LogP contribution in [-0.2, 0) is 12.8 Å². The minimum absolute atomic E-state index is 0.0305. The zero-order valence-electron chi connectivity index (χ0n) is 19.6. The van der Waals surface area contributed by atoms with Gasteiger partial charge in [-0.1, -0.05) is 62.9 Å². The van der Waals surface area contributed by atoms with Gasteiger partial charge in [-0.3, -0.25) is 4.99 Å². The van der Waals surface area contributed by atoms with Crippen molar-refractivity contribution in [1.82, 2.24) is 5.32 Å². The number of hydrogen-bond acceptors (Lipinski definition) is 2. The van der Waals surface area contributed by atoms with Crippen LogP contribution in [-0.4, -0.2) is 17.7 Å². The Hall–Kier alpha value is -2.49. The molecule has 4 heteroatoms. The van der Waals surface area contributed by atoms with Gasteiger partial charge in [-0.05, 0) is 61.3 Å². The van der Waals surface area contributed by atoms with Crippen LogP contribution in [0.15, 0.2) is 65.8 Å². The Kier molecular flexibility index (Phi) is 8.22. The Morgan fingerprint density at radius 1 is 1.12 bits per heavy atom. The molecule has 0 saturated heterocycles. The lowest BCUT2D eigenvalue weighted by atomic mass is 9.79. The van der Waals surface area contributed by atoms with Gasteiger partial charge in [-0.15, -0.1) is 0 Å². The number of hydrogen-bond donors (Lipinski definition) is 1. The van der Waals surface area contributed by atoms with E-state index in [4.69, 9.17) is 4.99 Å². The monoisotopic (exact) mass is 438 g/mol. The van der Waals surface area contributed by atoms with Crippen LogP contribution in [0.4, 0.5) is 14.5 Å². The Morgan fingerprint density at radius 2 is 1.81 bits per heavy atom. The smallest absolute Gasteiger partial charge is 0.248 e. The van der Waals surface area contributed by atoms with Crippen molar-refractivity contribution < 1.29 is 8.78 Å². The number of aliphatic imine (C=N–C) groups is 1. The van der Waals surface area contributed by atoms with E-state index in [2.05, 4.69) is 49.2 Å². The summed E-state index contributed by atoms with van der Waals surface area (Å²) in [6.07, 6.45) is 3.48. The maximum absolute atomic E-state index is 13.8. The van der Waals surface area contributed by atoms with Crippen LogP contribution >= 0.6 is 0 Å². The molecule has 2 aliphatic rings. The van der Waals surface area contributed by atoms with Gasteiger partial charge in [0, 0.05) is 30.7 Å². The Balaban J connectivity index is 0.00000141. The normalized spacial score (nSPS) is 18.1. The second-order valence-corrected chi connectivity index (χ2v) is 8.82. The van der Waals surface area contributed by atoms with E-state index in [-0.39, 0.29) is 24.8 Å². The summed E-state index contributed by atoms with van der Waals surface area (Å²) >= 11 is 0. The zero-order valence-corrected chi connectivity index (χ0v) is 19.6. The molecule has 1 unspecified atom stereocenters. The molecular formula is C28H36F2N2. The maximum Gasteiger partial charge on any atom is 0.248 e. The summed E-state index contributed by atoms with van der Waals surface area (Å²) in [5.74, 6) is -2.37. The number of aryl methyl sites for hydroxylation is 2. The highest BCUT2D eigenvalue weighted by Gasteiger charge is 2.39. The molecule has 32 heavy (non-hydrogen) atoms. The lowest BCUT2D eigenvalue weighted by Gasteiger charge is -2.35. The van der Waals surface area contributed by atoms with Crippen molar-refractivity contribution in [3.8, 4) is 0 Å². The number of fused-ring (bicyclic) bond motifs is 1. The molecule has 0 aromatic heterocycles. The fourth-order valence-electron chi connectivity index (χ4n) is 4.60. The van der Waals surface area contributed by atoms with E-state index in [9.17, 15) is 8.78 Å². The average molecular weight is 439 g/mol. The molecule has 1 N–H and O–H groups in total. The fourth-order valence-corrected chi connectivity index (χ4v) is 4.60. The fraction of sp³-hybridized carbons (Fsp3) is 0.464. The minimum Gasteiger partial charge on any atom is -0.380 e. The van der Waals surface area contributed by atoms with E-state index >= 15 is 0 Å². The molecule has 1 aliphatic carbocycles. The number of nitrogens with zero attached hydrogens (tertiary/aromatic N) is 1. The lowest BCUT2D eigenvalue weighted by Crippen LogP contribution is -2.45. The van der Waals surface area contributed by atoms with E-state index in [1.807, 2.05) is 32.0 Å². The second kappa shape index (κ2) is 10.9. The van der Waals surface area contributed by atoms with Crippen LogP contribution in [0.3, 0.4) is 0 Å². The van der Waals surface area contributed by atoms with Crippen LogP contribution in [0.5, 0.6) is 0 Å². The Labute approximate surface area is 191 Å². The molecule has 1 saturated carbocycles. The van der Waals surface area contributed by atoms with Crippen LogP contribution in [0, 0.1) is 12.8 Å². The van der Waals surface area contributed by atoms with Gasteiger partial charge in [-0.2, -0.15) is 0 Å². The first-order valence-electron chi connectivity index (χ1n) is 11.9. The van der Waals surface area contributed by atoms with Crippen molar-refractivity contribution in [2.75, 3.05) is 0 Å². The quantitative estimate of drug-likeness (QED) is 0.473. The Bertz CT molecular complexity index is 924. The summed E-state index contributed by atoms with van der Waals surface area (Å²) in [5.41, 5.74) is 6.72. The van der Waals surface area contributed by atoms with Crippen molar-refractivity contribution in [3.05, 3.63) is 77.5 Å². The average Bonchev–Trinajstić information content (AvgIpc) is 3.21. The standard InChI is InChI=1S/C26H30F2N2.C2H6/c1-18-8-11-22-17-24(30-23(22)16-18)25(21-12-14-26(27,28)15-13-21)29-19(2)9-10-20-6-4-3-5-7-20;1-2/h3-8,11,16,21,25,29H,2,9-10,12-15,17H2,1H3;1-2H3. The van der Waals surface area contributed by atoms with E-state index in [1.165, 1.54) is 16.7 Å². The van der Waals surface area contributed by atoms with Gasteiger partial charge in [0.05, 0.1) is 11.7 Å². The van der Waals surface area contributed by atoms with E-state index in [1.54, 1.807) is 0 Å². The SMILES string of the molecule is C=C(CCc1ccccc1)NC(C1=Nc2cc(C)ccc2C1)C1CCC(F)(F)CC1.CC. The molecule has 2 nitrogen and oxygen atoms in total. The van der Waals surface area contributed by atoms with Gasteiger partial charge in [0.15, 0.2) is 0 Å². The first-order valence-corrected chi connectivity index (χ1v) is 11.9. The number of nitrogens with one attached hydrogen (secondary N) is 1. The van der Waals surface area contributed by atoms with Crippen LogP contribution in [0.2, 0.25) is 0 Å². The second-order valence-electron chi connectivity index (χ2n) is 8.82. The Morgan fingerprint density at radius 3 is 2.50 bits per heavy atom. The summed E-state index contributed by atoms with van der Waals surface area (Å²) in [5, 5.41) is 3.61. The van der Waals surface area contributed by atoms with Crippen molar-refractivity contribution in [2.24, 2.45) is 10.9 Å². The molecule has 1 fully saturated rings. The molecule has 1 heterocycles. The molecule has 1 atom stereocenters. The molecule has 1 aliphatic heterocycles. The third-order valence-corrected chi connectivity index (χ3v) is 6.39. The van der Waals surface area contributed by atoms with Gasteiger partial charge in [0.25, 0.3) is 0 Å². The summed E-state index contributed by atoms with van der Waals surface area (Å²) in [7, 11) is 0.